The first kappa shape index (κ1) is 26.2. The van der Waals surface area contributed by atoms with Gasteiger partial charge in [0.15, 0.2) is 0 Å². The number of nitrogens with zero attached hydrogens (tertiary/aromatic N) is 1. The van der Waals surface area contributed by atoms with E-state index in [1.807, 2.05) is 0 Å². The summed E-state index contributed by atoms with van der Waals surface area (Å²) in [5.74, 6) is -0.112. The fourth-order valence-corrected chi connectivity index (χ4v) is 6.15. The molecule has 35 heavy (non-hydrogen) atoms. The van der Waals surface area contributed by atoms with E-state index in [1.54, 1.807) is 17.0 Å². The van der Waals surface area contributed by atoms with E-state index < -0.39 is 22.4 Å². The number of amides is 1. The Labute approximate surface area is 204 Å². The van der Waals surface area contributed by atoms with Gasteiger partial charge in [0.05, 0.1) is 25.0 Å². The molecule has 3 fully saturated rings. The zero-order chi connectivity index (χ0) is 25.2. The summed E-state index contributed by atoms with van der Waals surface area (Å²) in [5.41, 5.74) is 0.550. The van der Waals surface area contributed by atoms with Crippen LogP contribution in [0.25, 0.3) is 0 Å². The molecule has 1 amide bonds. The highest BCUT2D eigenvalue weighted by molar-refractivity contribution is 7.88. The van der Waals surface area contributed by atoms with Crippen LogP contribution in [0.3, 0.4) is 0 Å². The smallest absolute Gasteiger partial charge is 0.405 e. The molecule has 4 rings (SSSR count). The lowest BCUT2D eigenvalue weighted by Crippen LogP contribution is -2.59. The number of hydrogen-bond acceptors (Lipinski definition) is 5. The summed E-state index contributed by atoms with van der Waals surface area (Å²) in [6.07, 6.45) is 2.03. The summed E-state index contributed by atoms with van der Waals surface area (Å²) >= 11 is 0. The second-order valence-corrected chi connectivity index (χ2v) is 11.7. The van der Waals surface area contributed by atoms with Gasteiger partial charge in [-0.1, -0.05) is 18.2 Å². The molecule has 2 saturated carbocycles. The molecular weight excluding hydrogens is 485 g/mol. The number of carbonyl (C=O) groups excluding carboxylic acids is 1. The maximum Gasteiger partial charge on any atom is 0.573 e. The minimum atomic E-state index is -4.74. The third-order valence-corrected chi connectivity index (χ3v) is 7.85. The Bertz CT molecular complexity index is 991. The number of carbonyl (C=O) groups is 1. The van der Waals surface area contributed by atoms with Crippen LogP contribution < -0.4 is 9.46 Å². The number of benzene rings is 1. The highest BCUT2D eigenvalue weighted by atomic mass is 32.2. The Kier molecular flexibility index (Phi) is 7.97. The number of rotatable bonds is 8. The van der Waals surface area contributed by atoms with Gasteiger partial charge in [0, 0.05) is 18.5 Å². The largest absolute Gasteiger partial charge is 0.573 e. The molecule has 1 heterocycles. The van der Waals surface area contributed by atoms with Gasteiger partial charge in [0.1, 0.15) is 5.75 Å². The fourth-order valence-electron chi connectivity index (χ4n) is 5.32. The SMILES string of the molecule is CS(=O)(=O)N[C@H]1CCCN(C(=O)C2CC2)[C@H]1COC1CCC(c2ccccc2OC(F)(F)F)CC1. The highest BCUT2D eigenvalue weighted by Gasteiger charge is 2.42. The summed E-state index contributed by atoms with van der Waals surface area (Å²) < 4.78 is 75.3. The summed E-state index contributed by atoms with van der Waals surface area (Å²) in [4.78, 5) is 14.7. The number of piperidine rings is 1. The standard InChI is InChI=1S/C24H33F3N2O5S/c1-35(31,32)28-20-6-4-14-29(23(30)17-8-9-17)21(20)15-33-18-12-10-16(11-13-18)19-5-2-3-7-22(19)34-24(25,26)27/h2-3,5,7,16-18,20-21,28H,4,6,8-15H2,1H3/t16?,18?,20-,21-/m0/s1. The second-order valence-electron chi connectivity index (χ2n) is 9.90. The second kappa shape index (κ2) is 10.6. The zero-order valence-electron chi connectivity index (χ0n) is 19.8. The maximum absolute atomic E-state index is 12.9. The molecule has 7 nitrogen and oxygen atoms in total. The van der Waals surface area contributed by atoms with Gasteiger partial charge >= 0.3 is 6.36 Å². The van der Waals surface area contributed by atoms with Gasteiger partial charge in [-0.05, 0) is 68.9 Å². The number of hydrogen-bond donors (Lipinski definition) is 1. The molecule has 1 aromatic carbocycles. The van der Waals surface area contributed by atoms with Crippen molar-refractivity contribution in [2.75, 3.05) is 19.4 Å². The van der Waals surface area contributed by atoms with Crippen LogP contribution in [-0.4, -0.2) is 63.2 Å². The lowest BCUT2D eigenvalue weighted by atomic mass is 9.82. The van der Waals surface area contributed by atoms with E-state index >= 15 is 0 Å². The minimum absolute atomic E-state index is 0.0314. The van der Waals surface area contributed by atoms with Gasteiger partial charge in [-0.3, -0.25) is 4.79 Å². The van der Waals surface area contributed by atoms with Crippen LogP contribution in [0, 0.1) is 5.92 Å². The first-order valence-corrected chi connectivity index (χ1v) is 14.1. The van der Waals surface area contributed by atoms with E-state index in [-0.39, 0.29) is 42.2 Å². The van der Waals surface area contributed by atoms with Crippen LogP contribution in [-0.2, 0) is 19.6 Å². The average Bonchev–Trinajstić information content (AvgIpc) is 3.62. The van der Waals surface area contributed by atoms with E-state index in [0.717, 1.165) is 25.5 Å². The van der Waals surface area contributed by atoms with E-state index in [0.29, 0.717) is 44.2 Å². The molecule has 1 N–H and O–H groups in total. The number of sulfonamides is 1. The molecule has 0 unspecified atom stereocenters. The fraction of sp³-hybridized carbons (Fsp3) is 0.708. The number of ether oxygens (including phenoxy) is 2. The van der Waals surface area contributed by atoms with Crippen LogP contribution in [0.15, 0.2) is 24.3 Å². The maximum atomic E-state index is 12.9. The average molecular weight is 519 g/mol. The van der Waals surface area contributed by atoms with Crippen LogP contribution in [0.5, 0.6) is 5.75 Å². The summed E-state index contributed by atoms with van der Waals surface area (Å²) in [7, 11) is -3.44. The molecule has 2 aliphatic carbocycles. The van der Waals surface area contributed by atoms with Crippen LogP contribution in [0.4, 0.5) is 13.2 Å². The molecule has 0 radical (unpaired) electrons. The molecular formula is C24H33F3N2O5S. The van der Waals surface area contributed by atoms with Crippen LogP contribution in [0.1, 0.15) is 62.8 Å². The molecule has 1 saturated heterocycles. The van der Waals surface area contributed by atoms with Crippen molar-refractivity contribution in [3.05, 3.63) is 29.8 Å². The highest BCUT2D eigenvalue weighted by Crippen LogP contribution is 2.40. The summed E-state index contributed by atoms with van der Waals surface area (Å²) in [5, 5.41) is 0. The lowest BCUT2D eigenvalue weighted by Gasteiger charge is -2.42. The van der Waals surface area contributed by atoms with Gasteiger partial charge in [-0.15, -0.1) is 13.2 Å². The molecule has 0 aromatic heterocycles. The summed E-state index contributed by atoms with van der Waals surface area (Å²) in [6, 6.07) is 5.49. The minimum Gasteiger partial charge on any atom is -0.405 e. The number of halogens is 3. The Morgan fingerprint density at radius 1 is 1.09 bits per heavy atom. The van der Waals surface area contributed by atoms with Gasteiger partial charge in [-0.25, -0.2) is 13.1 Å². The zero-order valence-corrected chi connectivity index (χ0v) is 20.6. The number of nitrogens with one attached hydrogen (secondary N) is 1. The van der Waals surface area contributed by atoms with Crippen LogP contribution >= 0.6 is 0 Å². The van der Waals surface area contributed by atoms with Crippen molar-refractivity contribution in [3.8, 4) is 5.75 Å². The molecule has 3 aliphatic rings. The topological polar surface area (TPSA) is 84.9 Å². The van der Waals surface area contributed by atoms with Gasteiger partial charge < -0.3 is 14.4 Å². The van der Waals surface area contributed by atoms with Gasteiger partial charge in [0.25, 0.3) is 0 Å². The van der Waals surface area contributed by atoms with E-state index in [9.17, 15) is 26.4 Å². The molecule has 2 atom stereocenters. The van der Waals surface area contributed by atoms with Crippen molar-refractivity contribution in [1.29, 1.82) is 0 Å². The van der Waals surface area contributed by atoms with Crippen molar-refractivity contribution in [3.63, 3.8) is 0 Å². The third kappa shape index (κ3) is 7.33. The summed E-state index contributed by atoms with van der Waals surface area (Å²) in [6.45, 7) is 0.822. The molecule has 196 valence electrons. The molecule has 11 heteroatoms. The Morgan fingerprint density at radius 2 is 1.77 bits per heavy atom. The Hall–Kier alpha value is -1.85. The van der Waals surface area contributed by atoms with E-state index in [1.165, 1.54) is 12.1 Å². The molecule has 0 bridgehead atoms. The van der Waals surface area contributed by atoms with Crippen molar-refractivity contribution < 1.29 is 35.9 Å². The van der Waals surface area contributed by atoms with Crippen molar-refractivity contribution >= 4 is 15.9 Å². The third-order valence-electron chi connectivity index (χ3n) is 7.12. The van der Waals surface area contributed by atoms with Gasteiger partial charge in [0.2, 0.25) is 15.9 Å². The predicted molar refractivity (Wildman–Crippen MR) is 123 cm³/mol. The Morgan fingerprint density at radius 3 is 2.40 bits per heavy atom. The normalized spacial score (nSPS) is 28.1. The van der Waals surface area contributed by atoms with Crippen molar-refractivity contribution in [2.45, 2.75) is 81.8 Å². The first-order chi connectivity index (χ1) is 16.5. The van der Waals surface area contributed by atoms with Crippen molar-refractivity contribution in [1.82, 2.24) is 9.62 Å². The first-order valence-electron chi connectivity index (χ1n) is 12.2. The van der Waals surface area contributed by atoms with E-state index in [2.05, 4.69) is 9.46 Å². The van der Waals surface area contributed by atoms with Crippen molar-refractivity contribution in [2.24, 2.45) is 5.92 Å². The Balaban J connectivity index is 1.37. The quantitative estimate of drug-likeness (QED) is 0.564. The molecule has 1 aromatic rings. The van der Waals surface area contributed by atoms with Gasteiger partial charge in [-0.2, -0.15) is 0 Å². The molecule has 0 spiro atoms. The molecule has 1 aliphatic heterocycles. The van der Waals surface area contributed by atoms with E-state index in [4.69, 9.17) is 4.74 Å². The monoisotopic (exact) mass is 518 g/mol. The number of likely N-dealkylation sites (tertiary alicyclic amines) is 1. The van der Waals surface area contributed by atoms with Crippen LogP contribution in [0.2, 0.25) is 0 Å². The number of alkyl halides is 3. The predicted octanol–water partition coefficient (Wildman–Crippen LogP) is 3.95. The number of para-hydroxylation sites is 1. The lowest BCUT2D eigenvalue weighted by molar-refractivity contribution is -0.275.